The zero-order valence-electron chi connectivity index (χ0n) is 18.5. The van der Waals surface area contributed by atoms with Crippen LogP contribution >= 0.6 is 11.3 Å². The Morgan fingerprint density at radius 3 is 2.69 bits per heavy atom. The van der Waals surface area contributed by atoms with Crippen LogP contribution in [0.1, 0.15) is 55.5 Å². The van der Waals surface area contributed by atoms with Crippen LogP contribution < -0.4 is 10.6 Å². The third-order valence-electron chi connectivity index (χ3n) is 5.12. The molecule has 3 aromatic heterocycles. The van der Waals surface area contributed by atoms with Gasteiger partial charge in [0.1, 0.15) is 11.6 Å². The predicted octanol–water partition coefficient (Wildman–Crippen LogP) is 4.14. The first kappa shape index (κ1) is 22.1. The highest BCUT2D eigenvalue weighted by atomic mass is 32.1. The smallest absolute Gasteiger partial charge is 0.232 e. The van der Waals surface area contributed by atoms with Crippen molar-refractivity contribution in [1.29, 1.82) is 0 Å². The fourth-order valence-electron chi connectivity index (χ4n) is 3.10. The Hall–Kier alpha value is -3.07. The summed E-state index contributed by atoms with van der Waals surface area (Å²) in [4.78, 5) is 33.9. The van der Waals surface area contributed by atoms with Crippen LogP contribution in [-0.2, 0) is 34.3 Å². The molecule has 9 heteroatoms. The first-order chi connectivity index (χ1) is 15.3. The van der Waals surface area contributed by atoms with Crippen molar-refractivity contribution in [3.05, 3.63) is 52.5 Å². The number of hydrogen-bond donors (Lipinski definition) is 2. The van der Waals surface area contributed by atoms with E-state index in [-0.39, 0.29) is 29.6 Å². The van der Waals surface area contributed by atoms with Crippen LogP contribution in [-0.4, -0.2) is 26.9 Å². The summed E-state index contributed by atoms with van der Waals surface area (Å²) in [5, 5.41) is 10.3. The molecule has 1 saturated carbocycles. The van der Waals surface area contributed by atoms with E-state index in [0.29, 0.717) is 16.6 Å². The average molecular weight is 454 g/mol. The van der Waals surface area contributed by atoms with Crippen LogP contribution in [0.15, 0.2) is 35.1 Å². The van der Waals surface area contributed by atoms with Crippen molar-refractivity contribution in [2.75, 3.05) is 10.6 Å². The topological polar surface area (TPSA) is 110 Å². The van der Waals surface area contributed by atoms with Gasteiger partial charge in [-0.1, -0.05) is 25.9 Å². The Labute approximate surface area is 190 Å². The SMILES string of the molecule is CC(C)(C)c1cc(CC(=O)Nc2ncc(CCc3ccnc(NC(=O)C4CC4)c3)s2)no1. The van der Waals surface area contributed by atoms with Crippen LogP contribution in [0, 0.1) is 5.92 Å². The van der Waals surface area contributed by atoms with Crippen molar-refractivity contribution in [1.82, 2.24) is 15.1 Å². The predicted molar refractivity (Wildman–Crippen MR) is 123 cm³/mol. The highest BCUT2D eigenvalue weighted by Crippen LogP contribution is 2.30. The molecule has 0 spiro atoms. The van der Waals surface area contributed by atoms with Gasteiger partial charge in [-0.05, 0) is 43.4 Å². The van der Waals surface area contributed by atoms with E-state index >= 15 is 0 Å². The molecule has 0 bridgehead atoms. The second-order valence-electron chi connectivity index (χ2n) is 9.10. The number of thiazole rings is 1. The molecule has 1 aliphatic rings. The van der Waals surface area contributed by atoms with Gasteiger partial charge in [-0.25, -0.2) is 9.97 Å². The number of pyridine rings is 1. The maximum atomic E-state index is 12.3. The number of nitrogens with one attached hydrogen (secondary N) is 2. The summed E-state index contributed by atoms with van der Waals surface area (Å²) in [5.41, 5.74) is 1.54. The first-order valence-electron chi connectivity index (χ1n) is 10.7. The Bertz CT molecular complexity index is 1110. The number of carbonyl (C=O) groups is 2. The molecule has 4 rings (SSSR count). The van der Waals surface area contributed by atoms with Gasteiger partial charge >= 0.3 is 0 Å². The van der Waals surface area contributed by atoms with Crippen LogP contribution in [0.5, 0.6) is 0 Å². The van der Waals surface area contributed by atoms with Crippen LogP contribution in [0.4, 0.5) is 10.9 Å². The van der Waals surface area contributed by atoms with Gasteiger partial charge in [0.25, 0.3) is 0 Å². The lowest BCUT2D eigenvalue weighted by atomic mass is 9.93. The van der Waals surface area contributed by atoms with E-state index in [2.05, 4.69) is 25.8 Å². The number of carbonyl (C=O) groups excluding carboxylic acids is 2. The van der Waals surface area contributed by atoms with E-state index < -0.39 is 0 Å². The highest BCUT2D eigenvalue weighted by Gasteiger charge is 2.29. The molecule has 0 atom stereocenters. The fraction of sp³-hybridized carbons (Fsp3) is 0.435. The van der Waals surface area contributed by atoms with Gasteiger partial charge in [-0.3, -0.25) is 9.59 Å². The van der Waals surface area contributed by atoms with Crippen LogP contribution in [0.3, 0.4) is 0 Å². The lowest BCUT2D eigenvalue weighted by Crippen LogP contribution is -2.14. The summed E-state index contributed by atoms with van der Waals surface area (Å²) >= 11 is 1.46. The lowest BCUT2D eigenvalue weighted by Gasteiger charge is -2.12. The van der Waals surface area contributed by atoms with Crippen molar-refractivity contribution in [2.45, 2.75) is 58.3 Å². The Balaban J connectivity index is 1.27. The molecular formula is C23H27N5O3S. The van der Waals surface area contributed by atoms with Gasteiger partial charge in [0.2, 0.25) is 11.8 Å². The summed E-state index contributed by atoms with van der Waals surface area (Å²) in [5.74, 6) is 1.38. The van der Waals surface area contributed by atoms with E-state index in [1.165, 1.54) is 11.3 Å². The van der Waals surface area contributed by atoms with Gasteiger partial charge < -0.3 is 15.2 Å². The lowest BCUT2D eigenvalue weighted by molar-refractivity contribution is -0.117. The van der Waals surface area contributed by atoms with Crippen molar-refractivity contribution >= 4 is 34.1 Å². The molecule has 0 aromatic carbocycles. The monoisotopic (exact) mass is 453 g/mol. The molecule has 2 amide bonds. The molecule has 3 heterocycles. The normalized spacial score (nSPS) is 13.7. The highest BCUT2D eigenvalue weighted by molar-refractivity contribution is 7.15. The van der Waals surface area contributed by atoms with Gasteiger partial charge in [0, 0.05) is 34.7 Å². The number of anilines is 2. The molecule has 0 radical (unpaired) electrons. The zero-order valence-corrected chi connectivity index (χ0v) is 19.3. The molecule has 1 aliphatic carbocycles. The minimum atomic E-state index is -0.176. The molecule has 32 heavy (non-hydrogen) atoms. The first-order valence-corrected chi connectivity index (χ1v) is 11.5. The van der Waals surface area contributed by atoms with E-state index in [4.69, 9.17) is 4.52 Å². The Morgan fingerprint density at radius 1 is 1.16 bits per heavy atom. The second-order valence-corrected chi connectivity index (χ2v) is 10.2. The number of hydrogen-bond acceptors (Lipinski definition) is 7. The van der Waals surface area contributed by atoms with E-state index in [0.717, 1.165) is 41.9 Å². The van der Waals surface area contributed by atoms with Gasteiger partial charge in [-0.15, -0.1) is 11.3 Å². The van der Waals surface area contributed by atoms with Crippen LogP contribution in [0.25, 0.3) is 0 Å². The average Bonchev–Trinajstić information content (AvgIpc) is 3.32. The molecule has 2 N–H and O–H groups in total. The van der Waals surface area contributed by atoms with Gasteiger partial charge in [0.15, 0.2) is 5.13 Å². The standard InChI is InChI=1S/C23H27N5O3S/c1-23(2,3)18-11-16(28-31-18)12-20(29)27-22-25-13-17(32-22)7-4-14-8-9-24-19(10-14)26-21(30)15-5-6-15/h8-11,13,15H,4-7,12H2,1-3H3,(H,24,26,30)(H,25,27,29). The molecule has 168 valence electrons. The maximum Gasteiger partial charge on any atom is 0.232 e. The van der Waals surface area contributed by atoms with Crippen molar-refractivity contribution in [3.63, 3.8) is 0 Å². The molecule has 3 aromatic rings. The van der Waals surface area contributed by atoms with Gasteiger partial charge in [-0.2, -0.15) is 0 Å². The molecule has 0 aliphatic heterocycles. The van der Waals surface area contributed by atoms with E-state index in [1.807, 2.05) is 39.0 Å². The summed E-state index contributed by atoms with van der Waals surface area (Å²) in [7, 11) is 0. The Kier molecular flexibility index (Phi) is 6.36. The molecule has 0 unspecified atom stereocenters. The van der Waals surface area contributed by atoms with E-state index in [1.54, 1.807) is 12.4 Å². The van der Waals surface area contributed by atoms with Crippen molar-refractivity contribution in [3.8, 4) is 0 Å². The molecular weight excluding hydrogens is 426 g/mol. The quantitative estimate of drug-likeness (QED) is 0.530. The fourth-order valence-corrected chi connectivity index (χ4v) is 3.93. The number of aryl methyl sites for hydroxylation is 2. The van der Waals surface area contributed by atoms with Crippen molar-refractivity contribution < 1.29 is 14.1 Å². The number of nitrogens with zero attached hydrogens (tertiary/aromatic N) is 3. The van der Waals surface area contributed by atoms with Crippen molar-refractivity contribution in [2.24, 2.45) is 5.92 Å². The zero-order chi connectivity index (χ0) is 22.7. The van der Waals surface area contributed by atoms with Gasteiger partial charge in [0.05, 0.1) is 12.1 Å². The summed E-state index contributed by atoms with van der Waals surface area (Å²) in [6.45, 7) is 6.10. The number of aromatic nitrogens is 3. The number of rotatable bonds is 8. The largest absolute Gasteiger partial charge is 0.361 e. The summed E-state index contributed by atoms with van der Waals surface area (Å²) in [6, 6.07) is 5.68. The van der Waals surface area contributed by atoms with E-state index in [9.17, 15) is 9.59 Å². The minimum absolute atomic E-state index is 0.0535. The molecule has 1 fully saturated rings. The minimum Gasteiger partial charge on any atom is -0.361 e. The summed E-state index contributed by atoms with van der Waals surface area (Å²) in [6.07, 6.45) is 7.14. The molecule has 0 saturated heterocycles. The van der Waals surface area contributed by atoms with Crippen LogP contribution in [0.2, 0.25) is 0 Å². The molecule has 8 nitrogen and oxygen atoms in total. The third kappa shape index (κ3) is 6.00. The summed E-state index contributed by atoms with van der Waals surface area (Å²) < 4.78 is 5.33. The Morgan fingerprint density at radius 2 is 1.97 bits per heavy atom. The second kappa shape index (κ2) is 9.20. The third-order valence-corrected chi connectivity index (χ3v) is 6.10. The number of amides is 2. The maximum absolute atomic E-state index is 12.3.